The van der Waals surface area contributed by atoms with Crippen LogP contribution >= 0.6 is 0 Å². The molecule has 2 heterocycles. The van der Waals surface area contributed by atoms with E-state index in [0.717, 1.165) is 44.1 Å². The number of nitrogens with one attached hydrogen (secondary N) is 3. The number of ether oxygens (including phenoxy) is 1. The summed E-state index contributed by atoms with van der Waals surface area (Å²) < 4.78 is 5.01. The largest absolute Gasteiger partial charge is 0.383 e. The zero-order chi connectivity index (χ0) is 12.8. The molecule has 0 radical (unpaired) electrons. The molecule has 1 aliphatic heterocycles. The Bertz CT molecular complexity index is 396. The summed E-state index contributed by atoms with van der Waals surface area (Å²) in [6, 6.07) is 0. The van der Waals surface area contributed by atoms with Crippen molar-refractivity contribution < 1.29 is 4.74 Å². The van der Waals surface area contributed by atoms with Gasteiger partial charge in [-0.15, -0.1) is 0 Å². The molecule has 0 saturated carbocycles. The van der Waals surface area contributed by atoms with E-state index in [-0.39, 0.29) is 0 Å². The van der Waals surface area contributed by atoms with E-state index in [1.54, 1.807) is 7.11 Å². The van der Waals surface area contributed by atoms with E-state index in [1.165, 1.54) is 5.56 Å². The molecule has 3 N–H and O–H groups in total. The molecule has 100 valence electrons. The van der Waals surface area contributed by atoms with Crippen LogP contribution in [-0.4, -0.2) is 43.3 Å². The monoisotopic (exact) mass is 251 g/mol. The lowest BCUT2D eigenvalue weighted by molar-refractivity contribution is 0.210. The number of methoxy groups -OCH3 is 1. The van der Waals surface area contributed by atoms with Gasteiger partial charge < -0.3 is 20.7 Å². The van der Waals surface area contributed by atoms with Crippen molar-refractivity contribution in [2.24, 2.45) is 0 Å². The fourth-order valence-corrected chi connectivity index (χ4v) is 2.00. The van der Waals surface area contributed by atoms with E-state index in [0.29, 0.717) is 12.6 Å². The lowest BCUT2D eigenvalue weighted by Gasteiger charge is -2.20. The molecule has 1 aliphatic rings. The van der Waals surface area contributed by atoms with Gasteiger partial charge in [-0.05, 0) is 6.92 Å². The molecule has 0 unspecified atom stereocenters. The predicted molar refractivity (Wildman–Crippen MR) is 72.0 cm³/mol. The highest BCUT2D eigenvalue weighted by atomic mass is 16.5. The molecule has 0 fully saturated rings. The van der Waals surface area contributed by atoms with E-state index >= 15 is 0 Å². The molecule has 18 heavy (non-hydrogen) atoms. The number of fused-ring (bicyclic) bond motifs is 1. The Morgan fingerprint density at radius 3 is 3.00 bits per heavy atom. The maximum absolute atomic E-state index is 5.01. The Balaban J connectivity index is 2.18. The van der Waals surface area contributed by atoms with Crippen molar-refractivity contribution in [2.75, 3.05) is 44.0 Å². The molecule has 0 atom stereocenters. The van der Waals surface area contributed by atoms with Crippen LogP contribution in [0.3, 0.4) is 0 Å². The first-order valence-corrected chi connectivity index (χ1v) is 6.42. The lowest BCUT2D eigenvalue weighted by Crippen LogP contribution is -2.27. The van der Waals surface area contributed by atoms with Crippen LogP contribution < -0.4 is 16.0 Å². The highest BCUT2D eigenvalue weighted by Crippen LogP contribution is 2.21. The summed E-state index contributed by atoms with van der Waals surface area (Å²) in [6.45, 7) is 6.13. The molecule has 1 aromatic heterocycles. The van der Waals surface area contributed by atoms with Crippen LogP contribution in [0.2, 0.25) is 0 Å². The molecule has 0 spiro atoms. The SMILES string of the molecule is CCNc1nc(NCCOC)nc2c1CNCC2. The second kappa shape index (κ2) is 6.51. The fraction of sp³-hybridized carbons (Fsp3) is 0.667. The maximum Gasteiger partial charge on any atom is 0.224 e. The molecule has 0 aromatic carbocycles. The molecule has 0 bridgehead atoms. The summed E-state index contributed by atoms with van der Waals surface area (Å²) in [7, 11) is 1.69. The summed E-state index contributed by atoms with van der Waals surface area (Å²) in [5.74, 6) is 1.62. The van der Waals surface area contributed by atoms with Crippen molar-refractivity contribution >= 4 is 11.8 Å². The maximum atomic E-state index is 5.01. The molecular formula is C12H21N5O. The first-order valence-electron chi connectivity index (χ1n) is 6.42. The predicted octanol–water partition coefficient (Wildman–Crippen LogP) is 0.612. The minimum absolute atomic E-state index is 0.651. The van der Waals surface area contributed by atoms with Crippen LogP contribution in [0.15, 0.2) is 0 Å². The number of hydrogen-bond donors (Lipinski definition) is 3. The Labute approximate surface area is 108 Å². The summed E-state index contributed by atoms with van der Waals surface area (Å²) in [4.78, 5) is 9.09. The van der Waals surface area contributed by atoms with Gasteiger partial charge in [0.25, 0.3) is 0 Å². The van der Waals surface area contributed by atoms with Crippen molar-refractivity contribution in [3.63, 3.8) is 0 Å². The Morgan fingerprint density at radius 1 is 1.33 bits per heavy atom. The smallest absolute Gasteiger partial charge is 0.224 e. The highest BCUT2D eigenvalue weighted by molar-refractivity contribution is 5.51. The summed E-state index contributed by atoms with van der Waals surface area (Å²) in [6.07, 6.45) is 0.954. The summed E-state index contributed by atoms with van der Waals surface area (Å²) >= 11 is 0. The third kappa shape index (κ3) is 3.08. The minimum atomic E-state index is 0.651. The fourth-order valence-electron chi connectivity index (χ4n) is 2.00. The van der Waals surface area contributed by atoms with Gasteiger partial charge in [0.05, 0.1) is 12.3 Å². The topological polar surface area (TPSA) is 71.1 Å². The number of anilines is 2. The van der Waals surface area contributed by atoms with Gasteiger partial charge in [0.2, 0.25) is 5.95 Å². The number of rotatable bonds is 6. The number of nitrogens with zero attached hydrogens (tertiary/aromatic N) is 2. The van der Waals surface area contributed by atoms with Gasteiger partial charge in [-0.25, -0.2) is 4.98 Å². The second-order valence-corrected chi connectivity index (χ2v) is 4.20. The highest BCUT2D eigenvalue weighted by Gasteiger charge is 2.16. The summed E-state index contributed by atoms with van der Waals surface area (Å²) in [5, 5.41) is 9.84. The van der Waals surface area contributed by atoms with Gasteiger partial charge in [0.1, 0.15) is 5.82 Å². The van der Waals surface area contributed by atoms with Crippen molar-refractivity contribution in [1.82, 2.24) is 15.3 Å². The van der Waals surface area contributed by atoms with Crippen LogP contribution in [0, 0.1) is 0 Å². The number of aromatic nitrogens is 2. The average molecular weight is 251 g/mol. The van der Waals surface area contributed by atoms with E-state index in [1.807, 2.05) is 0 Å². The molecule has 6 heteroatoms. The Morgan fingerprint density at radius 2 is 2.22 bits per heavy atom. The molecule has 1 aromatic rings. The van der Waals surface area contributed by atoms with Crippen LogP contribution in [-0.2, 0) is 17.7 Å². The van der Waals surface area contributed by atoms with Crippen molar-refractivity contribution in [1.29, 1.82) is 0 Å². The molecular weight excluding hydrogens is 230 g/mol. The van der Waals surface area contributed by atoms with Gasteiger partial charge in [0, 0.05) is 45.3 Å². The van der Waals surface area contributed by atoms with E-state index < -0.39 is 0 Å². The lowest BCUT2D eigenvalue weighted by atomic mass is 10.1. The van der Waals surface area contributed by atoms with Crippen LogP contribution in [0.4, 0.5) is 11.8 Å². The van der Waals surface area contributed by atoms with E-state index in [9.17, 15) is 0 Å². The normalized spacial score (nSPS) is 14.1. The van der Waals surface area contributed by atoms with Gasteiger partial charge in [-0.1, -0.05) is 0 Å². The Kier molecular flexibility index (Phi) is 4.72. The number of hydrogen-bond acceptors (Lipinski definition) is 6. The van der Waals surface area contributed by atoms with E-state index in [2.05, 4.69) is 32.8 Å². The van der Waals surface area contributed by atoms with Crippen LogP contribution in [0.1, 0.15) is 18.2 Å². The molecule has 0 saturated heterocycles. The second-order valence-electron chi connectivity index (χ2n) is 4.20. The standard InChI is InChI=1S/C12H21N5O/c1-3-14-11-9-8-13-5-4-10(9)16-12(17-11)15-6-7-18-2/h13H,3-8H2,1-2H3,(H2,14,15,16,17). The molecule has 2 rings (SSSR count). The quantitative estimate of drug-likeness (QED) is 0.644. The first-order chi connectivity index (χ1) is 8.85. The van der Waals surface area contributed by atoms with Gasteiger partial charge in [0.15, 0.2) is 0 Å². The zero-order valence-electron chi connectivity index (χ0n) is 11.0. The molecule has 0 aliphatic carbocycles. The van der Waals surface area contributed by atoms with E-state index in [4.69, 9.17) is 4.74 Å². The Hall–Kier alpha value is -1.40. The third-order valence-corrected chi connectivity index (χ3v) is 2.87. The summed E-state index contributed by atoms with van der Waals surface area (Å²) in [5.41, 5.74) is 2.33. The first kappa shape index (κ1) is 13.0. The molecule has 0 amide bonds. The van der Waals surface area contributed by atoms with Crippen LogP contribution in [0.5, 0.6) is 0 Å². The van der Waals surface area contributed by atoms with Crippen molar-refractivity contribution in [2.45, 2.75) is 19.9 Å². The van der Waals surface area contributed by atoms with Gasteiger partial charge >= 0.3 is 0 Å². The van der Waals surface area contributed by atoms with Gasteiger partial charge in [-0.2, -0.15) is 4.98 Å². The third-order valence-electron chi connectivity index (χ3n) is 2.87. The molecule has 6 nitrogen and oxygen atoms in total. The zero-order valence-corrected chi connectivity index (χ0v) is 11.0. The van der Waals surface area contributed by atoms with Crippen molar-refractivity contribution in [3.8, 4) is 0 Å². The average Bonchev–Trinajstić information content (AvgIpc) is 2.39. The van der Waals surface area contributed by atoms with Crippen molar-refractivity contribution in [3.05, 3.63) is 11.3 Å². The van der Waals surface area contributed by atoms with Crippen LogP contribution in [0.25, 0.3) is 0 Å². The van der Waals surface area contributed by atoms with Gasteiger partial charge in [-0.3, -0.25) is 0 Å². The minimum Gasteiger partial charge on any atom is -0.383 e.